The number of rotatable bonds is 6. The Balaban J connectivity index is 1.58. The van der Waals surface area contributed by atoms with Crippen LogP contribution in [0.5, 0.6) is 0 Å². The summed E-state index contributed by atoms with van der Waals surface area (Å²) in [7, 11) is 1.59. The molecule has 0 fully saturated rings. The number of para-hydroxylation sites is 2. The van der Waals surface area contributed by atoms with E-state index in [0.29, 0.717) is 22.8 Å². The largest absolute Gasteiger partial charge is 0.463 e. The molecule has 0 radical (unpaired) electrons. The molecule has 2 amide bonds. The van der Waals surface area contributed by atoms with Crippen molar-refractivity contribution < 1.29 is 14.0 Å². The molecule has 0 aliphatic heterocycles. The summed E-state index contributed by atoms with van der Waals surface area (Å²) in [5.74, 6) is -0.0512. The number of nitrogens with zero attached hydrogens (tertiary/aromatic N) is 3. The van der Waals surface area contributed by atoms with Gasteiger partial charge in [0.2, 0.25) is 5.91 Å². The van der Waals surface area contributed by atoms with E-state index in [2.05, 4.69) is 10.4 Å². The maximum absolute atomic E-state index is 13.2. The molecule has 1 N–H and O–H groups in total. The Morgan fingerprint density at radius 3 is 2.37 bits per heavy atom. The third-order valence-corrected chi connectivity index (χ3v) is 4.49. The standard InChI is InChI=1S/C23H20N4O3/c1-26(16-22(28)24-17-9-4-2-5-10-17)23(29)20-15-19(21-13-8-14-30-21)25-27(20)18-11-6-3-7-12-18/h2-15H,16H2,1H3,(H,24,28). The first-order valence-electron chi connectivity index (χ1n) is 9.41. The molecule has 0 atom stereocenters. The van der Waals surface area contributed by atoms with Crippen LogP contribution in [0.3, 0.4) is 0 Å². The van der Waals surface area contributed by atoms with Crippen LogP contribution in [0.4, 0.5) is 5.69 Å². The first-order chi connectivity index (χ1) is 14.6. The monoisotopic (exact) mass is 400 g/mol. The Hall–Kier alpha value is -4.13. The van der Waals surface area contributed by atoms with E-state index in [1.807, 2.05) is 48.5 Å². The molecule has 0 spiro atoms. The highest BCUT2D eigenvalue weighted by Crippen LogP contribution is 2.23. The first kappa shape index (κ1) is 19.2. The molecule has 4 aromatic rings. The summed E-state index contributed by atoms with van der Waals surface area (Å²) in [6.45, 7) is -0.0935. The quantitative estimate of drug-likeness (QED) is 0.533. The van der Waals surface area contributed by atoms with Crippen molar-refractivity contribution in [1.29, 1.82) is 0 Å². The first-order valence-corrected chi connectivity index (χ1v) is 9.41. The maximum atomic E-state index is 13.2. The molecule has 2 heterocycles. The average molecular weight is 400 g/mol. The lowest BCUT2D eigenvalue weighted by Gasteiger charge is -2.17. The number of benzene rings is 2. The Labute approximate surface area is 173 Å². The number of hydrogen-bond acceptors (Lipinski definition) is 4. The SMILES string of the molecule is CN(CC(=O)Nc1ccccc1)C(=O)c1cc(-c2ccco2)nn1-c1ccccc1. The van der Waals surface area contributed by atoms with Crippen LogP contribution in [-0.2, 0) is 4.79 Å². The fourth-order valence-electron chi connectivity index (χ4n) is 3.05. The lowest BCUT2D eigenvalue weighted by molar-refractivity contribution is -0.116. The topological polar surface area (TPSA) is 80.4 Å². The molecule has 2 aromatic heterocycles. The minimum atomic E-state index is -0.327. The Morgan fingerprint density at radius 1 is 1.00 bits per heavy atom. The fraction of sp³-hybridized carbons (Fsp3) is 0.0870. The van der Waals surface area contributed by atoms with E-state index in [4.69, 9.17) is 4.42 Å². The second-order valence-electron chi connectivity index (χ2n) is 6.71. The van der Waals surface area contributed by atoms with Crippen LogP contribution in [0.2, 0.25) is 0 Å². The molecule has 2 aromatic carbocycles. The smallest absolute Gasteiger partial charge is 0.272 e. The number of furan rings is 1. The molecule has 0 aliphatic rings. The normalized spacial score (nSPS) is 10.6. The zero-order valence-corrected chi connectivity index (χ0v) is 16.4. The number of hydrogen-bond donors (Lipinski definition) is 1. The van der Waals surface area contributed by atoms with Gasteiger partial charge in [-0.25, -0.2) is 4.68 Å². The summed E-state index contributed by atoms with van der Waals surface area (Å²) in [5, 5.41) is 7.33. The number of carbonyl (C=O) groups is 2. The van der Waals surface area contributed by atoms with Gasteiger partial charge in [0.25, 0.3) is 5.91 Å². The highest BCUT2D eigenvalue weighted by atomic mass is 16.3. The molecule has 0 saturated carbocycles. The molecule has 7 nitrogen and oxygen atoms in total. The molecule has 0 bridgehead atoms. The molecular formula is C23H20N4O3. The van der Waals surface area contributed by atoms with Gasteiger partial charge in [-0.2, -0.15) is 5.10 Å². The van der Waals surface area contributed by atoms with E-state index in [9.17, 15) is 9.59 Å². The van der Waals surface area contributed by atoms with E-state index in [-0.39, 0.29) is 18.4 Å². The highest BCUT2D eigenvalue weighted by Gasteiger charge is 2.23. The molecule has 0 saturated heterocycles. The van der Waals surface area contributed by atoms with Gasteiger partial charge >= 0.3 is 0 Å². The van der Waals surface area contributed by atoms with Gasteiger partial charge in [-0.15, -0.1) is 0 Å². The van der Waals surface area contributed by atoms with E-state index < -0.39 is 0 Å². The van der Waals surface area contributed by atoms with Crippen molar-refractivity contribution in [2.75, 3.05) is 18.9 Å². The third kappa shape index (κ3) is 4.15. The summed E-state index contributed by atoms with van der Waals surface area (Å²) in [5.41, 5.74) is 2.29. The van der Waals surface area contributed by atoms with E-state index in [1.54, 1.807) is 48.3 Å². The second kappa shape index (κ2) is 8.48. The fourth-order valence-corrected chi connectivity index (χ4v) is 3.05. The Bertz CT molecular complexity index is 1140. The van der Waals surface area contributed by atoms with Crippen molar-refractivity contribution in [2.45, 2.75) is 0 Å². The van der Waals surface area contributed by atoms with E-state index >= 15 is 0 Å². The van der Waals surface area contributed by atoms with Gasteiger partial charge in [-0.05, 0) is 36.4 Å². The second-order valence-corrected chi connectivity index (χ2v) is 6.71. The minimum absolute atomic E-state index is 0.0935. The third-order valence-electron chi connectivity index (χ3n) is 4.49. The van der Waals surface area contributed by atoms with Crippen LogP contribution < -0.4 is 5.32 Å². The Morgan fingerprint density at radius 2 is 1.70 bits per heavy atom. The molecule has 30 heavy (non-hydrogen) atoms. The lowest BCUT2D eigenvalue weighted by Crippen LogP contribution is -2.35. The van der Waals surface area contributed by atoms with Crippen LogP contribution in [0.15, 0.2) is 89.5 Å². The zero-order chi connectivity index (χ0) is 20.9. The van der Waals surface area contributed by atoms with Crippen LogP contribution in [-0.4, -0.2) is 40.1 Å². The molecule has 7 heteroatoms. The summed E-state index contributed by atoms with van der Waals surface area (Å²) < 4.78 is 6.99. The van der Waals surface area contributed by atoms with Crippen molar-refractivity contribution in [3.05, 3.63) is 90.8 Å². The van der Waals surface area contributed by atoms with Gasteiger partial charge in [0.05, 0.1) is 18.5 Å². The van der Waals surface area contributed by atoms with Gasteiger partial charge < -0.3 is 14.6 Å². The van der Waals surface area contributed by atoms with Crippen LogP contribution in [0, 0.1) is 0 Å². The predicted octanol–water partition coefficient (Wildman–Crippen LogP) is 3.84. The van der Waals surface area contributed by atoms with Gasteiger partial charge in [0.1, 0.15) is 11.4 Å². The van der Waals surface area contributed by atoms with Gasteiger partial charge in [0, 0.05) is 18.8 Å². The van der Waals surface area contributed by atoms with Crippen molar-refractivity contribution in [3.8, 4) is 17.1 Å². The van der Waals surface area contributed by atoms with Gasteiger partial charge in [0.15, 0.2) is 5.76 Å². The predicted molar refractivity (Wildman–Crippen MR) is 113 cm³/mol. The van der Waals surface area contributed by atoms with Crippen molar-refractivity contribution in [2.24, 2.45) is 0 Å². The number of anilines is 1. The average Bonchev–Trinajstić information content (AvgIpc) is 3.44. The summed E-state index contributed by atoms with van der Waals surface area (Å²) >= 11 is 0. The Kier molecular flexibility index (Phi) is 5.43. The van der Waals surface area contributed by atoms with Crippen LogP contribution in [0.1, 0.15) is 10.5 Å². The number of likely N-dealkylation sites (N-methyl/N-ethyl adjacent to an activating group) is 1. The van der Waals surface area contributed by atoms with Crippen molar-refractivity contribution in [1.82, 2.24) is 14.7 Å². The van der Waals surface area contributed by atoms with E-state index in [0.717, 1.165) is 5.69 Å². The number of nitrogens with one attached hydrogen (secondary N) is 1. The van der Waals surface area contributed by atoms with Gasteiger partial charge in [-0.1, -0.05) is 36.4 Å². The summed E-state index contributed by atoms with van der Waals surface area (Å²) in [6.07, 6.45) is 1.55. The highest BCUT2D eigenvalue weighted by molar-refractivity contribution is 5.99. The zero-order valence-electron chi connectivity index (χ0n) is 16.4. The summed E-state index contributed by atoms with van der Waals surface area (Å²) in [6, 6.07) is 23.7. The summed E-state index contributed by atoms with van der Waals surface area (Å²) in [4.78, 5) is 26.9. The molecule has 4 rings (SSSR count). The molecular weight excluding hydrogens is 380 g/mol. The van der Waals surface area contributed by atoms with Crippen LogP contribution in [0.25, 0.3) is 17.1 Å². The number of aromatic nitrogens is 2. The molecule has 0 unspecified atom stereocenters. The van der Waals surface area contributed by atoms with Crippen molar-refractivity contribution in [3.63, 3.8) is 0 Å². The number of carbonyl (C=O) groups excluding carboxylic acids is 2. The molecule has 0 aliphatic carbocycles. The minimum Gasteiger partial charge on any atom is -0.463 e. The van der Waals surface area contributed by atoms with Crippen LogP contribution >= 0.6 is 0 Å². The molecule has 150 valence electrons. The van der Waals surface area contributed by atoms with Gasteiger partial charge in [-0.3, -0.25) is 9.59 Å². The van der Waals surface area contributed by atoms with Crippen molar-refractivity contribution >= 4 is 17.5 Å². The van der Waals surface area contributed by atoms with E-state index in [1.165, 1.54) is 4.90 Å². The lowest BCUT2D eigenvalue weighted by atomic mass is 10.2. The maximum Gasteiger partial charge on any atom is 0.272 e. The number of amides is 2.